The second kappa shape index (κ2) is 7.29. The van der Waals surface area contributed by atoms with Gasteiger partial charge in [-0.2, -0.15) is 13.2 Å². The van der Waals surface area contributed by atoms with Crippen molar-refractivity contribution < 1.29 is 18.0 Å². The molecule has 8 heteroatoms. The van der Waals surface area contributed by atoms with Crippen molar-refractivity contribution in [2.75, 3.05) is 6.54 Å². The number of hydrogen-bond donors (Lipinski definition) is 2. The third kappa shape index (κ3) is 3.82. The van der Waals surface area contributed by atoms with Crippen LogP contribution in [-0.2, 0) is 0 Å². The summed E-state index contributed by atoms with van der Waals surface area (Å²) in [5.41, 5.74) is 2.96. The fraction of sp³-hybridized carbons (Fsp3) is 0.600. The van der Waals surface area contributed by atoms with E-state index in [0.717, 1.165) is 35.3 Å². The van der Waals surface area contributed by atoms with Crippen LogP contribution >= 0.6 is 0 Å². The maximum absolute atomic E-state index is 12.8. The zero-order chi connectivity index (χ0) is 19.9. The monoisotopic (exact) mass is 394 g/mol. The third-order valence-corrected chi connectivity index (χ3v) is 6.00. The molecule has 0 radical (unpaired) electrons. The Hall–Kier alpha value is -2.25. The number of nitrogens with zero attached hydrogens (tertiary/aromatic N) is 2. The summed E-state index contributed by atoms with van der Waals surface area (Å²) in [5, 5.41) is 2.95. The first-order chi connectivity index (χ1) is 13.3. The van der Waals surface area contributed by atoms with Gasteiger partial charge in [0.25, 0.3) is 0 Å². The number of aryl methyl sites for hydroxylation is 1. The standard InChI is InChI=1S/C20H25F3N4O/c1-12-4-9-15-16(11-12)26-18(25-15)17-3-2-10-27(17)19(28)24-14-7-5-13(6-8-14)20(21,22)23/h4,9,11,13-14,17H,2-3,5-8,10H2,1H3,(H,24,28)(H,25,26). The van der Waals surface area contributed by atoms with E-state index in [9.17, 15) is 18.0 Å². The number of likely N-dealkylation sites (tertiary alicyclic amines) is 1. The molecule has 28 heavy (non-hydrogen) atoms. The van der Waals surface area contributed by atoms with Crippen LogP contribution in [0.3, 0.4) is 0 Å². The number of amides is 2. The van der Waals surface area contributed by atoms with Crippen LogP contribution in [-0.4, -0.2) is 39.7 Å². The predicted octanol–water partition coefficient (Wildman–Crippen LogP) is 4.84. The van der Waals surface area contributed by atoms with Gasteiger partial charge in [0.05, 0.1) is 23.0 Å². The summed E-state index contributed by atoms with van der Waals surface area (Å²) in [6.45, 7) is 2.65. The van der Waals surface area contributed by atoms with E-state index in [-0.39, 0.29) is 31.0 Å². The number of carbonyl (C=O) groups excluding carboxylic acids is 1. The molecule has 4 rings (SSSR count). The van der Waals surface area contributed by atoms with E-state index >= 15 is 0 Å². The lowest BCUT2D eigenvalue weighted by Gasteiger charge is -2.32. The van der Waals surface area contributed by atoms with Crippen LogP contribution in [0.1, 0.15) is 56.0 Å². The largest absolute Gasteiger partial charge is 0.391 e. The van der Waals surface area contributed by atoms with E-state index in [4.69, 9.17) is 0 Å². The van der Waals surface area contributed by atoms with Crippen LogP contribution in [0.2, 0.25) is 0 Å². The van der Waals surface area contributed by atoms with Crippen molar-refractivity contribution in [1.82, 2.24) is 20.2 Å². The average molecular weight is 394 g/mol. The minimum atomic E-state index is -4.13. The number of benzene rings is 1. The summed E-state index contributed by atoms with van der Waals surface area (Å²) in [4.78, 5) is 22.5. The molecule has 1 aromatic carbocycles. The number of fused-ring (bicyclic) bond motifs is 1. The maximum atomic E-state index is 12.8. The second-order valence-electron chi connectivity index (χ2n) is 8.03. The zero-order valence-electron chi connectivity index (χ0n) is 15.9. The highest BCUT2D eigenvalue weighted by molar-refractivity contribution is 5.77. The number of aromatic amines is 1. The predicted molar refractivity (Wildman–Crippen MR) is 99.8 cm³/mol. The van der Waals surface area contributed by atoms with Crippen molar-refractivity contribution in [2.45, 2.75) is 63.7 Å². The molecule has 2 N–H and O–H groups in total. The van der Waals surface area contributed by atoms with E-state index in [2.05, 4.69) is 15.3 Å². The number of rotatable bonds is 2. The number of carbonyl (C=O) groups is 1. The number of urea groups is 1. The molecule has 2 fully saturated rings. The van der Waals surface area contributed by atoms with E-state index < -0.39 is 12.1 Å². The summed E-state index contributed by atoms with van der Waals surface area (Å²) in [6, 6.07) is 5.48. The first-order valence-corrected chi connectivity index (χ1v) is 9.91. The van der Waals surface area contributed by atoms with Crippen LogP contribution in [0.25, 0.3) is 11.0 Å². The van der Waals surface area contributed by atoms with Crippen molar-refractivity contribution in [3.8, 4) is 0 Å². The minimum absolute atomic E-state index is 0.0841. The van der Waals surface area contributed by atoms with Crippen LogP contribution in [0.4, 0.5) is 18.0 Å². The van der Waals surface area contributed by atoms with Gasteiger partial charge < -0.3 is 15.2 Å². The van der Waals surface area contributed by atoms with E-state index in [1.54, 1.807) is 4.90 Å². The van der Waals surface area contributed by atoms with Crippen LogP contribution < -0.4 is 5.32 Å². The van der Waals surface area contributed by atoms with Crippen molar-refractivity contribution in [3.05, 3.63) is 29.6 Å². The molecule has 1 aromatic heterocycles. The number of imidazole rings is 1. The Bertz CT molecular complexity index is 855. The number of H-pyrrole nitrogens is 1. The van der Waals surface area contributed by atoms with Gasteiger partial charge in [-0.1, -0.05) is 6.07 Å². The van der Waals surface area contributed by atoms with Gasteiger partial charge in [0.2, 0.25) is 0 Å². The topological polar surface area (TPSA) is 61.0 Å². The summed E-state index contributed by atoms with van der Waals surface area (Å²) < 4.78 is 38.5. The molecule has 2 amide bonds. The highest BCUT2D eigenvalue weighted by Crippen LogP contribution is 2.38. The Morgan fingerprint density at radius 2 is 1.96 bits per heavy atom. The van der Waals surface area contributed by atoms with Gasteiger partial charge in [-0.05, 0) is 63.1 Å². The molecule has 2 heterocycles. The number of hydrogen-bond acceptors (Lipinski definition) is 2. The highest BCUT2D eigenvalue weighted by Gasteiger charge is 2.42. The molecular formula is C20H25F3N4O. The molecule has 1 aliphatic carbocycles. The number of alkyl halides is 3. The summed E-state index contributed by atoms with van der Waals surface area (Å²) in [7, 11) is 0. The Morgan fingerprint density at radius 1 is 1.21 bits per heavy atom. The third-order valence-electron chi connectivity index (χ3n) is 6.00. The van der Waals surface area contributed by atoms with Crippen LogP contribution in [0, 0.1) is 12.8 Å². The van der Waals surface area contributed by atoms with Gasteiger partial charge in [-0.25, -0.2) is 9.78 Å². The lowest BCUT2D eigenvalue weighted by atomic mass is 9.85. The first-order valence-electron chi connectivity index (χ1n) is 9.91. The first kappa shape index (κ1) is 19.1. The van der Waals surface area contributed by atoms with Crippen molar-refractivity contribution in [2.24, 2.45) is 5.92 Å². The van der Waals surface area contributed by atoms with Crippen molar-refractivity contribution in [3.63, 3.8) is 0 Å². The van der Waals surface area contributed by atoms with Gasteiger partial charge in [0, 0.05) is 12.6 Å². The summed E-state index contributed by atoms with van der Waals surface area (Å²) in [6.07, 6.45) is -1.50. The molecule has 0 bridgehead atoms. The van der Waals surface area contributed by atoms with Crippen molar-refractivity contribution in [1.29, 1.82) is 0 Å². The van der Waals surface area contributed by atoms with Crippen LogP contribution in [0.5, 0.6) is 0 Å². The molecule has 0 spiro atoms. The van der Waals surface area contributed by atoms with E-state index in [0.29, 0.717) is 19.4 Å². The van der Waals surface area contributed by atoms with Gasteiger partial charge in [-0.3, -0.25) is 0 Å². The van der Waals surface area contributed by atoms with Gasteiger partial charge in [0.15, 0.2) is 0 Å². The normalized spacial score (nSPS) is 26.0. The molecule has 1 saturated heterocycles. The van der Waals surface area contributed by atoms with E-state index in [1.165, 1.54) is 0 Å². The molecule has 1 aliphatic heterocycles. The van der Waals surface area contributed by atoms with E-state index in [1.807, 2.05) is 25.1 Å². The Morgan fingerprint density at radius 3 is 2.68 bits per heavy atom. The number of nitrogens with one attached hydrogen (secondary N) is 2. The lowest BCUT2D eigenvalue weighted by molar-refractivity contribution is -0.182. The fourth-order valence-electron chi connectivity index (χ4n) is 4.42. The van der Waals surface area contributed by atoms with Gasteiger partial charge in [0.1, 0.15) is 5.82 Å². The Kier molecular flexibility index (Phi) is 4.97. The number of halogens is 3. The SMILES string of the molecule is Cc1ccc2nc(C3CCCN3C(=O)NC3CCC(C(F)(F)F)CC3)[nH]c2c1. The highest BCUT2D eigenvalue weighted by atomic mass is 19.4. The Balaban J connectivity index is 1.41. The smallest absolute Gasteiger partial charge is 0.340 e. The fourth-order valence-corrected chi connectivity index (χ4v) is 4.42. The lowest BCUT2D eigenvalue weighted by Crippen LogP contribution is -2.46. The summed E-state index contributed by atoms with van der Waals surface area (Å²) >= 11 is 0. The molecule has 1 saturated carbocycles. The molecular weight excluding hydrogens is 369 g/mol. The quantitative estimate of drug-likeness (QED) is 0.766. The van der Waals surface area contributed by atoms with Gasteiger partial charge in [-0.15, -0.1) is 0 Å². The number of aromatic nitrogens is 2. The Labute approximate surface area is 161 Å². The zero-order valence-corrected chi connectivity index (χ0v) is 15.9. The van der Waals surface area contributed by atoms with Crippen LogP contribution in [0.15, 0.2) is 18.2 Å². The molecule has 5 nitrogen and oxygen atoms in total. The minimum Gasteiger partial charge on any atom is -0.340 e. The molecule has 1 unspecified atom stereocenters. The average Bonchev–Trinajstić information content (AvgIpc) is 3.27. The maximum Gasteiger partial charge on any atom is 0.391 e. The van der Waals surface area contributed by atoms with Gasteiger partial charge >= 0.3 is 12.2 Å². The molecule has 2 aliphatic rings. The molecule has 152 valence electrons. The molecule has 2 aromatic rings. The second-order valence-corrected chi connectivity index (χ2v) is 8.03. The summed E-state index contributed by atoms with van der Waals surface area (Å²) in [5.74, 6) is -0.465. The van der Waals surface area contributed by atoms with Crippen molar-refractivity contribution >= 4 is 17.1 Å². The molecule has 1 atom stereocenters.